The molecule has 1 aromatic rings. The third-order valence-electron chi connectivity index (χ3n) is 1.26. The number of benzene rings is 1. The van der Waals surface area contributed by atoms with Gasteiger partial charge in [0.05, 0.1) is 7.11 Å². The first-order valence-corrected chi connectivity index (χ1v) is 4.64. The zero-order chi connectivity index (χ0) is 9.90. The average Bonchev–Trinajstić information content (AvgIpc) is 2.03. The van der Waals surface area contributed by atoms with Crippen molar-refractivity contribution >= 4 is 10.4 Å². The van der Waals surface area contributed by atoms with Gasteiger partial charge in [-0.05, 0) is 24.3 Å². The molecule has 72 valence electrons. The summed E-state index contributed by atoms with van der Waals surface area (Å²) in [5.41, 5.74) is 0. The molecule has 7 heteroatoms. The van der Waals surface area contributed by atoms with Gasteiger partial charge in [0.1, 0.15) is 11.5 Å². The molecule has 0 amide bonds. The second-order valence-electron chi connectivity index (χ2n) is 2.17. The molecule has 0 bridgehead atoms. The number of rotatable bonds is 3. The number of hydrogen-bond acceptors (Lipinski definition) is 5. The van der Waals surface area contributed by atoms with Gasteiger partial charge < -0.3 is 13.5 Å². The Hall–Kier alpha value is -0.270. The van der Waals surface area contributed by atoms with Gasteiger partial charge in [0.15, 0.2) is 0 Å². The normalized spacial score (nSPS) is 10.1. The van der Waals surface area contributed by atoms with Crippen LogP contribution < -0.4 is 38.5 Å². The van der Waals surface area contributed by atoms with E-state index in [1.807, 2.05) is 0 Å². The Bertz CT molecular complexity index is 372. The molecule has 0 radical (unpaired) electrons. The maximum Gasteiger partial charge on any atom is 1.00 e. The largest absolute Gasteiger partial charge is 1.00 e. The molecule has 0 aliphatic carbocycles. The van der Waals surface area contributed by atoms with Crippen LogP contribution in [0.3, 0.4) is 0 Å². The van der Waals surface area contributed by atoms with E-state index in [4.69, 9.17) is 4.74 Å². The summed E-state index contributed by atoms with van der Waals surface area (Å²) in [6.07, 6.45) is 0. The molecular weight excluding hydrogens is 219 g/mol. The predicted molar refractivity (Wildman–Crippen MR) is 43.3 cm³/mol. The minimum Gasteiger partial charge on any atom is -0.716 e. The van der Waals surface area contributed by atoms with Gasteiger partial charge in [-0.2, -0.15) is 0 Å². The summed E-state index contributed by atoms with van der Waals surface area (Å²) in [4.78, 5) is 0. The maximum absolute atomic E-state index is 10.1. The SMILES string of the molecule is COc1ccc(OS(=O)(=O)[O-])cc1.[Na+]. The van der Waals surface area contributed by atoms with E-state index in [1.165, 1.54) is 31.4 Å². The van der Waals surface area contributed by atoms with Crippen molar-refractivity contribution in [3.8, 4) is 11.5 Å². The molecule has 5 nitrogen and oxygen atoms in total. The van der Waals surface area contributed by atoms with Crippen LogP contribution in [0, 0.1) is 0 Å². The van der Waals surface area contributed by atoms with Crippen LogP contribution in [0.25, 0.3) is 0 Å². The van der Waals surface area contributed by atoms with Crippen molar-refractivity contribution in [3.05, 3.63) is 24.3 Å². The molecule has 0 spiro atoms. The average molecular weight is 226 g/mol. The molecule has 0 atom stereocenters. The monoisotopic (exact) mass is 226 g/mol. The molecule has 0 N–H and O–H groups in total. The Morgan fingerprint density at radius 2 is 1.57 bits per heavy atom. The Morgan fingerprint density at radius 3 is 1.93 bits per heavy atom. The molecule has 0 saturated heterocycles. The van der Waals surface area contributed by atoms with Gasteiger partial charge in [-0.15, -0.1) is 0 Å². The van der Waals surface area contributed by atoms with Crippen LogP contribution in [0.1, 0.15) is 0 Å². The fourth-order valence-electron chi connectivity index (χ4n) is 0.749. The molecular formula is C7H7NaO5S. The van der Waals surface area contributed by atoms with E-state index in [9.17, 15) is 13.0 Å². The Morgan fingerprint density at radius 1 is 1.14 bits per heavy atom. The molecule has 0 fully saturated rings. The minimum absolute atomic E-state index is 0. The summed E-state index contributed by atoms with van der Waals surface area (Å²) >= 11 is 0. The van der Waals surface area contributed by atoms with Crippen LogP contribution >= 0.6 is 0 Å². The van der Waals surface area contributed by atoms with Crippen LogP contribution in [0.15, 0.2) is 24.3 Å². The molecule has 0 saturated carbocycles. The fraction of sp³-hybridized carbons (Fsp3) is 0.143. The van der Waals surface area contributed by atoms with Gasteiger partial charge >= 0.3 is 29.6 Å². The minimum atomic E-state index is -4.69. The third-order valence-corrected chi connectivity index (χ3v) is 1.65. The van der Waals surface area contributed by atoms with E-state index < -0.39 is 10.4 Å². The van der Waals surface area contributed by atoms with E-state index in [-0.39, 0.29) is 35.3 Å². The zero-order valence-electron chi connectivity index (χ0n) is 7.76. The van der Waals surface area contributed by atoms with Gasteiger partial charge in [0, 0.05) is 0 Å². The standard InChI is InChI=1S/C7H8O5S.Na/c1-11-6-2-4-7(5-3-6)12-13(8,9)10;/h2-5H,1H3,(H,8,9,10);/q;+1/p-1. The van der Waals surface area contributed by atoms with Crippen LogP contribution in [0.4, 0.5) is 0 Å². The molecule has 0 unspecified atom stereocenters. The van der Waals surface area contributed by atoms with Gasteiger partial charge in [-0.25, -0.2) is 8.42 Å². The summed E-state index contributed by atoms with van der Waals surface area (Å²) in [7, 11) is -3.22. The molecule has 0 aromatic heterocycles. The van der Waals surface area contributed by atoms with Gasteiger partial charge in [0.25, 0.3) is 10.4 Å². The molecule has 0 heterocycles. The van der Waals surface area contributed by atoms with E-state index >= 15 is 0 Å². The Balaban J connectivity index is 0.00000169. The smallest absolute Gasteiger partial charge is 0.716 e. The second-order valence-corrected chi connectivity index (χ2v) is 3.15. The van der Waals surface area contributed by atoms with E-state index in [2.05, 4.69) is 4.18 Å². The van der Waals surface area contributed by atoms with E-state index in [1.54, 1.807) is 0 Å². The zero-order valence-corrected chi connectivity index (χ0v) is 10.6. The number of methoxy groups -OCH3 is 1. The molecule has 14 heavy (non-hydrogen) atoms. The Kier molecular flexibility index (Phi) is 5.46. The van der Waals surface area contributed by atoms with Crippen LogP contribution in [0.2, 0.25) is 0 Å². The molecule has 1 aromatic carbocycles. The van der Waals surface area contributed by atoms with Crippen molar-refractivity contribution in [1.29, 1.82) is 0 Å². The van der Waals surface area contributed by atoms with Crippen molar-refractivity contribution in [2.24, 2.45) is 0 Å². The van der Waals surface area contributed by atoms with Crippen LogP contribution in [-0.2, 0) is 10.4 Å². The van der Waals surface area contributed by atoms with Crippen molar-refractivity contribution in [2.45, 2.75) is 0 Å². The van der Waals surface area contributed by atoms with E-state index in [0.717, 1.165) is 0 Å². The summed E-state index contributed by atoms with van der Waals surface area (Å²) < 4.78 is 39.3. The third kappa shape index (κ3) is 4.83. The second kappa shape index (κ2) is 5.57. The molecule has 1 rings (SSSR count). The van der Waals surface area contributed by atoms with Gasteiger partial charge in [-0.3, -0.25) is 0 Å². The maximum atomic E-state index is 10.1. The summed E-state index contributed by atoms with van der Waals surface area (Å²) in [6, 6.07) is 5.63. The predicted octanol–water partition coefficient (Wildman–Crippen LogP) is -2.46. The molecule has 0 aliphatic heterocycles. The van der Waals surface area contributed by atoms with Crippen LogP contribution in [0.5, 0.6) is 11.5 Å². The first kappa shape index (κ1) is 13.7. The first-order chi connectivity index (χ1) is 6.01. The van der Waals surface area contributed by atoms with Crippen molar-refractivity contribution in [3.63, 3.8) is 0 Å². The van der Waals surface area contributed by atoms with Gasteiger partial charge in [-0.1, -0.05) is 0 Å². The van der Waals surface area contributed by atoms with E-state index in [0.29, 0.717) is 5.75 Å². The van der Waals surface area contributed by atoms with Crippen molar-refractivity contribution < 1.29 is 51.4 Å². The summed E-state index contributed by atoms with van der Waals surface area (Å²) in [6.45, 7) is 0. The Labute approximate surface area is 104 Å². The molecule has 0 aliphatic rings. The topological polar surface area (TPSA) is 75.7 Å². The van der Waals surface area contributed by atoms with Crippen molar-refractivity contribution in [1.82, 2.24) is 0 Å². The quantitative estimate of drug-likeness (QED) is 0.324. The van der Waals surface area contributed by atoms with Crippen LogP contribution in [-0.4, -0.2) is 20.1 Å². The number of hydrogen-bond donors (Lipinski definition) is 0. The van der Waals surface area contributed by atoms with Gasteiger partial charge in [0.2, 0.25) is 0 Å². The summed E-state index contributed by atoms with van der Waals surface area (Å²) in [5, 5.41) is 0. The van der Waals surface area contributed by atoms with Crippen molar-refractivity contribution in [2.75, 3.05) is 7.11 Å². The summed E-state index contributed by atoms with van der Waals surface area (Å²) in [5.74, 6) is 0.520. The first-order valence-electron chi connectivity index (χ1n) is 3.30. The number of ether oxygens (including phenoxy) is 1. The fourth-order valence-corrected chi connectivity index (χ4v) is 1.10.